The molecule has 1 fully saturated rings. The van der Waals surface area contributed by atoms with Gasteiger partial charge in [0.1, 0.15) is 22.8 Å². The van der Waals surface area contributed by atoms with E-state index >= 15 is 0 Å². The van der Waals surface area contributed by atoms with Crippen molar-refractivity contribution in [2.75, 3.05) is 65.4 Å². The van der Waals surface area contributed by atoms with Gasteiger partial charge in [-0.15, -0.1) is 0 Å². The van der Waals surface area contributed by atoms with Crippen molar-refractivity contribution >= 4 is 23.9 Å². The molecule has 0 bridgehead atoms. The van der Waals surface area contributed by atoms with Crippen molar-refractivity contribution in [1.82, 2.24) is 19.6 Å². The largest absolute Gasteiger partial charge is 0.481 e. The first-order valence-corrected chi connectivity index (χ1v) is 20.7. The van der Waals surface area contributed by atoms with Crippen molar-refractivity contribution in [2.45, 2.75) is 182 Å². The SMILES string of the molecule is CC(C)(C)OC(=O)CN1CCN(C(CCC(=O)O)C(=O)OC(C)(C)C)CCN(CC(=O)OC(C)(C)C)CCN(C(CCC(O)OC(C)(C)C)C(O)OC(C)(C)C)CC1. The molecule has 0 aromatic carbocycles. The van der Waals surface area contributed by atoms with Crippen LogP contribution < -0.4 is 0 Å². The van der Waals surface area contributed by atoms with Crippen molar-refractivity contribution in [3.63, 3.8) is 0 Å². The molecule has 16 nitrogen and oxygen atoms in total. The Balaban J connectivity index is 3.79. The van der Waals surface area contributed by atoms with Crippen LogP contribution in [0.1, 0.15) is 130 Å². The zero-order valence-electron chi connectivity index (χ0n) is 38.5. The van der Waals surface area contributed by atoms with Gasteiger partial charge >= 0.3 is 23.9 Å². The number of nitrogens with zero attached hydrogens (tertiary/aromatic N) is 4. The van der Waals surface area contributed by atoms with Crippen molar-refractivity contribution in [3.8, 4) is 0 Å². The average molecular weight is 833 g/mol. The molecule has 1 aliphatic heterocycles. The maximum Gasteiger partial charge on any atom is 0.323 e. The number of hydrogen-bond donors (Lipinski definition) is 3. The van der Waals surface area contributed by atoms with Crippen LogP contribution in [0.25, 0.3) is 0 Å². The Morgan fingerprint density at radius 1 is 0.517 bits per heavy atom. The Morgan fingerprint density at radius 3 is 1.28 bits per heavy atom. The van der Waals surface area contributed by atoms with E-state index in [4.69, 9.17) is 23.7 Å². The molecular formula is C42H80N4O12. The van der Waals surface area contributed by atoms with E-state index in [1.54, 1.807) is 62.3 Å². The summed E-state index contributed by atoms with van der Waals surface area (Å²) in [5.41, 5.74) is -3.59. The zero-order valence-corrected chi connectivity index (χ0v) is 38.5. The maximum absolute atomic E-state index is 13.7. The fourth-order valence-corrected chi connectivity index (χ4v) is 6.41. The van der Waals surface area contributed by atoms with Crippen LogP contribution in [0.4, 0.5) is 0 Å². The van der Waals surface area contributed by atoms with Gasteiger partial charge in [-0.05, 0) is 123 Å². The number of aliphatic hydroxyl groups is 2. The molecule has 1 saturated heterocycles. The Morgan fingerprint density at radius 2 is 0.914 bits per heavy atom. The Labute approximate surface area is 348 Å². The van der Waals surface area contributed by atoms with E-state index in [9.17, 15) is 34.5 Å². The third-order valence-electron chi connectivity index (χ3n) is 8.58. The predicted octanol–water partition coefficient (Wildman–Crippen LogP) is 3.88. The number of carboxylic acids is 1. The number of carbonyl (C=O) groups excluding carboxylic acids is 3. The third kappa shape index (κ3) is 25.2. The molecule has 340 valence electrons. The molecular weight excluding hydrogens is 752 g/mol. The van der Waals surface area contributed by atoms with Gasteiger partial charge in [-0.25, -0.2) is 0 Å². The molecule has 1 heterocycles. The van der Waals surface area contributed by atoms with E-state index in [2.05, 4.69) is 4.90 Å². The summed E-state index contributed by atoms with van der Waals surface area (Å²) in [5.74, 6) is -2.49. The predicted molar refractivity (Wildman–Crippen MR) is 221 cm³/mol. The zero-order chi connectivity index (χ0) is 44.9. The minimum Gasteiger partial charge on any atom is -0.481 e. The van der Waals surface area contributed by atoms with Crippen LogP contribution in [-0.4, -0.2) is 177 Å². The fourth-order valence-electron chi connectivity index (χ4n) is 6.41. The highest BCUT2D eigenvalue weighted by Gasteiger charge is 2.35. The molecule has 0 aliphatic carbocycles. The molecule has 1 aliphatic rings. The van der Waals surface area contributed by atoms with E-state index in [1.165, 1.54) is 0 Å². The average Bonchev–Trinajstić information content (AvgIpc) is 2.96. The summed E-state index contributed by atoms with van der Waals surface area (Å²) in [7, 11) is 0. The summed E-state index contributed by atoms with van der Waals surface area (Å²) in [6, 6.07) is -1.55. The highest BCUT2D eigenvalue weighted by molar-refractivity contribution is 5.77. The van der Waals surface area contributed by atoms with Crippen LogP contribution in [0.5, 0.6) is 0 Å². The topological polar surface area (TPSA) is 188 Å². The first-order valence-electron chi connectivity index (χ1n) is 20.7. The molecule has 16 heteroatoms. The number of aliphatic hydroxyl groups excluding tert-OH is 2. The normalized spacial score (nSPS) is 19.3. The molecule has 4 unspecified atom stereocenters. The van der Waals surface area contributed by atoms with Gasteiger partial charge in [0.05, 0.1) is 30.3 Å². The van der Waals surface area contributed by atoms with Crippen LogP contribution in [0.15, 0.2) is 0 Å². The summed E-state index contributed by atoms with van der Waals surface area (Å²) in [5, 5.41) is 32.2. The van der Waals surface area contributed by atoms with Gasteiger partial charge in [-0.1, -0.05) is 0 Å². The number of hydrogen-bond acceptors (Lipinski definition) is 15. The monoisotopic (exact) mass is 833 g/mol. The van der Waals surface area contributed by atoms with Gasteiger partial charge in [-0.3, -0.25) is 38.8 Å². The summed E-state index contributed by atoms with van der Waals surface area (Å²) in [4.78, 5) is 59.9. The second-order valence-electron chi connectivity index (χ2n) is 20.2. The highest BCUT2D eigenvalue weighted by Crippen LogP contribution is 2.23. The Bertz CT molecular complexity index is 1230. The number of carboxylic acid groups (broad SMARTS) is 1. The van der Waals surface area contributed by atoms with E-state index in [0.29, 0.717) is 32.6 Å². The van der Waals surface area contributed by atoms with Crippen LogP contribution in [-0.2, 0) is 42.9 Å². The van der Waals surface area contributed by atoms with Gasteiger partial charge in [0.25, 0.3) is 0 Å². The molecule has 58 heavy (non-hydrogen) atoms. The fraction of sp³-hybridized carbons (Fsp3) is 0.905. The van der Waals surface area contributed by atoms with Crippen LogP contribution >= 0.6 is 0 Å². The van der Waals surface area contributed by atoms with Crippen LogP contribution in [0.3, 0.4) is 0 Å². The molecule has 3 N–H and O–H groups in total. The smallest absolute Gasteiger partial charge is 0.323 e. The minimum atomic E-state index is -1.27. The molecule has 0 amide bonds. The highest BCUT2D eigenvalue weighted by atomic mass is 16.6. The Kier molecular flexibility index (Phi) is 21.2. The van der Waals surface area contributed by atoms with Gasteiger partial charge in [0.2, 0.25) is 0 Å². The van der Waals surface area contributed by atoms with Gasteiger partial charge in [-0.2, -0.15) is 0 Å². The van der Waals surface area contributed by atoms with Crippen molar-refractivity contribution in [1.29, 1.82) is 0 Å². The number of aliphatic carboxylic acids is 1. The second kappa shape index (κ2) is 23.0. The van der Waals surface area contributed by atoms with Crippen LogP contribution in [0.2, 0.25) is 0 Å². The standard InChI is InChI=1S/C42H80N4O12/c1-38(2,3)54-33(49)19-17-31(37(53)58-42(13,14)15)46-26-22-43(28-34(50)55-39(4,5)6)20-24-45(30(16-18-32(47)48)36(52)57-41(10,11)12)25-21-44(23-27-46)29-35(51)56-40(7,8)9/h30-31,33,37,49,53H,16-29H2,1-15H3,(H,47,48). The number of carbonyl (C=O) groups is 4. The first kappa shape index (κ1) is 53.6. The summed E-state index contributed by atoms with van der Waals surface area (Å²) >= 11 is 0. The van der Waals surface area contributed by atoms with Crippen molar-refractivity contribution < 1.29 is 58.2 Å². The first-order chi connectivity index (χ1) is 26.2. The maximum atomic E-state index is 13.7. The van der Waals surface area contributed by atoms with E-state index in [0.717, 1.165) is 0 Å². The van der Waals surface area contributed by atoms with E-state index in [1.807, 2.05) is 56.2 Å². The lowest BCUT2D eigenvalue weighted by molar-refractivity contribution is -0.206. The molecule has 1 rings (SSSR count). The van der Waals surface area contributed by atoms with Gasteiger partial charge in [0, 0.05) is 58.8 Å². The second-order valence-corrected chi connectivity index (χ2v) is 20.2. The third-order valence-corrected chi connectivity index (χ3v) is 8.58. The molecule has 0 saturated carbocycles. The molecule has 0 aromatic rings. The molecule has 0 spiro atoms. The van der Waals surface area contributed by atoms with Gasteiger partial charge < -0.3 is 39.0 Å². The molecule has 0 radical (unpaired) electrons. The summed E-state index contributed by atoms with van der Waals surface area (Å²) in [6.45, 7) is 29.4. The number of rotatable bonds is 16. The summed E-state index contributed by atoms with van der Waals surface area (Å²) in [6.07, 6.45) is -2.16. The quantitative estimate of drug-likeness (QED) is 0.115. The molecule has 0 aromatic heterocycles. The summed E-state index contributed by atoms with van der Waals surface area (Å²) < 4.78 is 29.1. The lowest BCUT2D eigenvalue weighted by Crippen LogP contribution is -2.55. The van der Waals surface area contributed by atoms with Crippen molar-refractivity contribution in [2.24, 2.45) is 0 Å². The van der Waals surface area contributed by atoms with Crippen LogP contribution in [0, 0.1) is 0 Å². The number of esters is 3. The van der Waals surface area contributed by atoms with E-state index in [-0.39, 0.29) is 58.5 Å². The van der Waals surface area contributed by atoms with E-state index < -0.39 is 76.5 Å². The lowest BCUT2D eigenvalue weighted by Gasteiger charge is -2.41. The van der Waals surface area contributed by atoms with Gasteiger partial charge in [0.15, 0.2) is 12.6 Å². The number of ether oxygens (including phenoxy) is 5. The minimum absolute atomic E-state index is 0.00567. The lowest BCUT2D eigenvalue weighted by atomic mass is 10.1. The Hall–Kier alpha value is -2.44. The van der Waals surface area contributed by atoms with Crippen molar-refractivity contribution in [3.05, 3.63) is 0 Å². The molecule has 4 atom stereocenters.